The zero-order valence-corrected chi connectivity index (χ0v) is 8.39. The molecule has 0 saturated heterocycles. The van der Waals surface area contributed by atoms with E-state index in [2.05, 4.69) is 39.0 Å². The summed E-state index contributed by atoms with van der Waals surface area (Å²) in [5.74, 6) is 0. The molecule has 1 aromatic rings. The van der Waals surface area contributed by atoms with E-state index in [9.17, 15) is 0 Å². The first kappa shape index (κ1) is 11.2. The maximum atomic E-state index is 7.00. The van der Waals surface area contributed by atoms with Crippen molar-refractivity contribution in [3.05, 3.63) is 34.9 Å². The highest BCUT2D eigenvalue weighted by molar-refractivity contribution is 5.30. The van der Waals surface area contributed by atoms with Crippen LogP contribution in [0.4, 0.5) is 0 Å². The van der Waals surface area contributed by atoms with Crippen LogP contribution in [0.2, 0.25) is 0 Å². The third-order valence-corrected chi connectivity index (χ3v) is 1.88. The quantitative estimate of drug-likeness (QED) is 0.679. The van der Waals surface area contributed by atoms with Crippen LogP contribution in [0.3, 0.4) is 0 Å². The van der Waals surface area contributed by atoms with Crippen molar-refractivity contribution in [2.24, 2.45) is 0 Å². The normalized spacial score (nSPS) is 8.75. The lowest BCUT2D eigenvalue weighted by atomic mass is 10.0. The van der Waals surface area contributed by atoms with Gasteiger partial charge in [-0.05, 0) is 31.4 Å². The van der Waals surface area contributed by atoms with Gasteiger partial charge in [-0.3, -0.25) is 0 Å². The number of aliphatic hydroxyl groups is 1. The maximum absolute atomic E-state index is 7.00. The topological polar surface area (TPSA) is 20.2 Å². The van der Waals surface area contributed by atoms with Crippen LogP contribution in [0.5, 0.6) is 0 Å². The van der Waals surface area contributed by atoms with Gasteiger partial charge in [-0.2, -0.15) is 0 Å². The molecule has 0 bridgehead atoms. The summed E-state index contributed by atoms with van der Waals surface area (Å²) >= 11 is 0. The first-order valence-electron chi connectivity index (χ1n) is 4.25. The van der Waals surface area contributed by atoms with Gasteiger partial charge < -0.3 is 5.11 Å². The van der Waals surface area contributed by atoms with Gasteiger partial charge in [-0.25, -0.2) is 0 Å². The molecule has 0 heterocycles. The Kier molecular flexibility index (Phi) is 5.39. The zero-order chi connectivity index (χ0) is 9.56. The fourth-order valence-electron chi connectivity index (χ4n) is 1.24. The molecule has 1 heteroatoms. The fourth-order valence-corrected chi connectivity index (χ4v) is 1.24. The average molecular weight is 166 g/mol. The molecule has 0 spiro atoms. The number of hydrogen-bond donors (Lipinski definition) is 1. The maximum Gasteiger partial charge on any atom is 0.0319 e. The molecule has 0 atom stereocenters. The van der Waals surface area contributed by atoms with E-state index in [4.69, 9.17) is 5.11 Å². The van der Waals surface area contributed by atoms with E-state index < -0.39 is 0 Å². The lowest BCUT2D eigenvalue weighted by Gasteiger charge is -2.02. The Hall–Kier alpha value is -0.820. The second kappa shape index (κ2) is 5.78. The molecule has 0 radical (unpaired) electrons. The van der Waals surface area contributed by atoms with E-state index in [0.717, 1.165) is 13.5 Å². The molecule has 1 rings (SSSR count). The average Bonchev–Trinajstić information content (AvgIpc) is 2.08. The lowest BCUT2D eigenvalue weighted by molar-refractivity contribution is 0.399. The standard InChI is InChI=1S/C10H14.CH4O/c1-4-10-6-5-8(2)7-9(10)3;1-2/h5-7H,4H2,1-3H3;2H,1H3. The van der Waals surface area contributed by atoms with E-state index in [0.29, 0.717) is 0 Å². The SMILES string of the molecule is CCc1ccc(C)cc1C.CO. The van der Waals surface area contributed by atoms with Crippen LogP contribution in [0.25, 0.3) is 0 Å². The molecule has 0 aliphatic rings. The van der Waals surface area contributed by atoms with E-state index in [-0.39, 0.29) is 0 Å². The molecule has 1 N–H and O–H groups in total. The molecule has 0 saturated carbocycles. The van der Waals surface area contributed by atoms with Crippen LogP contribution < -0.4 is 0 Å². The third-order valence-electron chi connectivity index (χ3n) is 1.88. The van der Waals surface area contributed by atoms with Gasteiger partial charge in [-0.15, -0.1) is 0 Å². The van der Waals surface area contributed by atoms with Crippen LogP contribution in [-0.2, 0) is 6.42 Å². The summed E-state index contributed by atoms with van der Waals surface area (Å²) in [6.07, 6.45) is 1.14. The Morgan fingerprint density at radius 1 is 1.17 bits per heavy atom. The first-order valence-corrected chi connectivity index (χ1v) is 4.25. The van der Waals surface area contributed by atoms with Crippen molar-refractivity contribution in [2.45, 2.75) is 27.2 Å². The molecule has 12 heavy (non-hydrogen) atoms. The summed E-state index contributed by atoms with van der Waals surface area (Å²) in [7, 11) is 1.00. The van der Waals surface area contributed by atoms with Crippen molar-refractivity contribution < 1.29 is 5.11 Å². The van der Waals surface area contributed by atoms with Crippen molar-refractivity contribution >= 4 is 0 Å². The van der Waals surface area contributed by atoms with Gasteiger partial charge in [0, 0.05) is 7.11 Å². The minimum atomic E-state index is 1.00. The lowest BCUT2D eigenvalue weighted by Crippen LogP contribution is -1.85. The minimum Gasteiger partial charge on any atom is -0.400 e. The molecule has 0 unspecified atom stereocenters. The highest BCUT2D eigenvalue weighted by Crippen LogP contribution is 2.10. The molecular weight excluding hydrogens is 148 g/mol. The van der Waals surface area contributed by atoms with Crippen LogP contribution in [0.15, 0.2) is 18.2 Å². The highest BCUT2D eigenvalue weighted by Gasteiger charge is 1.93. The molecule has 0 aliphatic heterocycles. The van der Waals surface area contributed by atoms with Crippen molar-refractivity contribution in [3.8, 4) is 0 Å². The van der Waals surface area contributed by atoms with Crippen molar-refractivity contribution in [1.82, 2.24) is 0 Å². The summed E-state index contributed by atoms with van der Waals surface area (Å²) in [4.78, 5) is 0. The summed E-state index contributed by atoms with van der Waals surface area (Å²) in [5.41, 5.74) is 4.24. The van der Waals surface area contributed by atoms with Crippen molar-refractivity contribution in [3.63, 3.8) is 0 Å². The molecule has 0 aromatic heterocycles. The summed E-state index contributed by atoms with van der Waals surface area (Å²) in [5, 5.41) is 7.00. The fraction of sp³-hybridized carbons (Fsp3) is 0.455. The molecular formula is C11H18O. The molecule has 0 fully saturated rings. The van der Waals surface area contributed by atoms with E-state index in [1.165, 1.54) is 16.7 Å². The van der Waals surface area contributed by atoms with Gasteiger partial charge in [0.25, 0.3) is 0 Å². The molecule has 1 nitrogen and oxygen atoms in total. The van der Waals surface area contributed by atoms with Gasteiger partial charge in [0.1, 0.15) is 0 Å². The second-order valence-electron chi connectivity index (χ2n) is 2.78. The third kappa shape index (κ3) is 3.05. The highest BCUT2D eigenvalue weighted by atomic mass is 16.2. The van der Waals surface area contributed by atoms with Crippen LogP contribution in [0, 0.1) is 13.8 Å². The number of benzene rings is 1. The first-order chi connectivity index (χ1) is 5.74. The van der Waals surface area contributed by atoms with Crippen molar-refractivity contribution in [1.29, 1.82) is 0 Å². The summed E-state index contributed by atoms with van der Waals surface area (Å²) < 4.78 is 0. The summed E-state index contributed by atoms with van der Waals surface area (Å²) in [6.45, 7) is 6.50. The Morgan fingerprint density at radius 3 is 2.17 bits per heavy atom. The van der Waals surface area contributed by atoms with E-state index in [1.807, 2.05) is 0 Å². The van der Waals surface area contributed by atoms with Crippen molar-refractivity contribution in [2.75, 3.05) is 7.11 Å². The number of hydrogen-bond acceptors (Lipinski definition) is 1. The second-order valence-corrected chi connectivity index (χ2v) is 2.78. The van der Waals surface area contributed by atoms with Crippen LogP contribution in [0.1, 0.15) is 23.6 Å². The van der Waals surface area contributed by atoms with Gasteiger partial charge in [0.05, 0.1) is 0 Å². The Morgan fingerprint density at radius 2 is 1.75 bits per heavy atom. The Bertz CT molecular complexity index is 228. The molecule has 68 valence electrons. The molecule has 0 aliphatic carbocycles. The number of aliphatic hydroxyl groups excluding tert-OH is 1. The minimum absolute atomic E-state index is 1.00. The molecule has 1 aromatic carbocycles. The van der Waals surface area contributed by atoms with Gasteiger partial charge in [-0.1, -0.05) is 30.7 Å². The predicted molar refractivity (Wildman–Crippen MR) is 53.4 cm³/mol. The Balaban J connectivity index is 0.000000561. The number of aryl methyl sites for hydroxylation is 3. The van der Waals surface area contributed by atoms with Crippen LogP contribution >= 0.6 is 0 Å². The summed E-state index contributed by atoms with van der Waals surface area (Å²) in [6, 6.07) is 6.62. The zero-order valence-electron chi connectivity index (χ0n) is 8.39. The largest absolute Gasteiger partial charge is 0.400 e. The van der Waals surface area contributed by atoms with E-state index in [1.54, 1.807) is 0 Å². The van der Waals surface area contributed by atoms with Crippen LogP contribution in [-0.4, -0.2) is 12.2 Å². The van der Waals surface area contributed by atoms with Gasteiger partial charge >= 0.3 is 0 Å². The number of rotatable bonds is 1. The molecule has 0 amide bonds. The van der Waals surface area contributed by atoms with Gasteiger partial charge in [0.2, 0.25) is 0 Å². The predicted octanol–water partition coefficient (Wildman–Crippen LogP) is 2.47. The van der Waals surface area contributed by atoms with Gasteiger partial charge in [0.15, 0.2) is 0 Å². The monoisotopic (exact) mass is 166 g/mol. The Labute approximate surface area is 75.1 Å². The van der Waals surface area contributed by atoms with E-state index >= 15 is 0 Å². The smallest absolute Gasteiger partial charge is 0.0319 e.